The molecule has 1 aromatic carbocycles. The normalized spacial score (nSPS) is 18.7. The fourth-order valence-corrected chi connectivity index (χ4v) is 2.15. The van der Waals surface area contributed by atoms with Crippen molar-refractivity contribution in [3.63, 3.8) is 0 Å². The highest BCUT2D eigenvalue weighted by molar-refractivity contribution is 6.43. The van der Waals surface area contributed by atoms with Gasteiger partial charge in [-0.25, -0.2) is 4.79 Å². The molecule has 2 rings (SSSR count). The number of carbonyl (C=O) groups excluding carboxylic acids is 3. The zero-order valence-corrected chi connectivity index (χ0v) is 11.5. The molecule has 0 spiro atoms. The minimum Gasteiger partial charge on any atom is -0.464 e. The van der Waals surface area contributed by atoms with Crippen molar-refractivity contribution in [1.82, 2.24) is 5.32 Å². The first-order valence-corrected chi connectivity index (χ1v) is 6.46. The van der Waals surface area contributed by atoms with Gasteiger partial charge in [-0.1, -0.05) is 23.7 Å². The number of ether oxygens (including phenoxy) is 1. The van der Waals surface area contributed by atoms with Gasteiger partial charge in [0.15, 0.2) is 0 Å². The lowest BCUT2D eigenvalue weighted by Gasteiger charge is -2.31. The summed E-state index contributed by atoms with van der Waals surface area (Å²) in [4.78, 5) is 36.4. The fourth-order valence-electron chi connectivity index (χ4n) is 1.91. The van der Waals surface area contributed by atoms with Crippen LogP contribution in [0.2, 0.25) is 5.02 Å². The van der Waals surface area contributed by atoms with Crippen molar-refractivity contribution in [1.29, 1.82) is 0 Å². The van der Waals surface area contributed by atoms with Crippen LogP contribution in [0.1, 0.15) is 6.92 Å². The van der Waals surface area contributed by atoms with E-state index in [1.54, 1.807) is 31.2 Å². The number of nitrogens with zero attached hydrogens (tertiary/aromatic N) is 1. The van der Waals surface area contributed by atoms with Crippen LogP contribution in [0.15, 0.2) is 24.3 Å². The van der Waals surface area contributed by atoms with E-state index in [9.17, 15) is 14.4 Å². The standard InChI is InChI=1S/C13H13ClN2O4/c1-2-20-13(19)9-7-16(12(18)11(17)15-9)10-6-4-3-5-8(10)14/h3-6,9H,2,7H2,1H3,(H,15,17). The molecular formula is C13H13ClN2O4. The third kappa shape index (κ3) is 2.75. The van der Waals surface area contributed by atoms with E-state index >= 15 is 0 Å². The lowest BCUT2D eigenvalue weighted by Crippen LogP contribution is -2.60. The number of halogens is 1. The summed E-state index contributed by atoms with van der Waals surface area (Å²) >= 11 is 6.02. The van der Waals surface area contributed by atoms with Crippen LogP contribution >= 0.6 is 11.6 Å². The molecule has 1 aliphatic heterocycles. The van der Waals surface area contributed by atoms with Crippen molar-refractivity contribution in [2.45, 2.75) is 13.0 Å². The molecule has 1 saturated heterocycles. The molecule has 1 aliphatic rings. The molecule has 1 aromatic rings. The summed E-state index contributed by atoms with van der Waals surface area (Å²) in [5.74, 6) is -2.18. The summed E-state index contributed by atoms with van der Waals surface area (Å²) in [6.45, 7) is 1.86. The van der Waals surface area contributed by atoms with Crippen molar-refractivity contribution < 1.29 is 19.1 Å². The average molecular weight is 297 g/mol. The van der Waals surface area contributed by atoms with Crippen LogP contribution in [0.3, 0.4) is 0 Å². The van der Waals surface area contributed by atoms with Gasteiger partial charge in [0.2, 0.25) is 0 Å². The molecule has 1 N–H and O–H groups in total. The predicted octanol–water partition coefficient (Wildman–Crippen LogP) is 0.734. The first-order valence-electron chi connectivity index (χ1n) is 6.08. The zero-order chi connectivity index (χ0) is 14.7. The third-order valence-corrected chi connectivity index (χ3v) is 3.14. The quantitative estimate of drug-likeness (QED) is 0.659. The molecule has 106 valence electrons. The fraction of sp³-hybridized carbons (Fsp3) is 0.308. The number of nitrogens with one attached hydrogen (secondary N) is 1. The van der Waals surface area contributed by atoms with Crippen LogP contribution in [0, 0.1) is 0 Å². The maximum atomic E-state index is 11.9. The lowest BCUT2D eigenvalue weighted by atomic mass is 10.1. The highest BCUT2D eigenvalue weighted by Gasteiger charge is 2.37. The number of esters is 1. The summed E-state index contributed by atoms with van der Waals surface area (Å²) < 4.78 is 4.85. The molecular weight excluding hydrogens is 284 g/mol. The van der Waals surface area contributed by atoms with Crippen LogP contribution in [-0.2, 0) is 19.1 Å². The number of hydrogen-bond acceptors (Lipinski definition) is 4. The van der Waals surface area contributed by atoms with Gasteiger partial charge in [0, 0.05) is 0 Å². The summed E-state index contributed by atoms with van der Waals surface area (Å²) in [5, 5.41) is 2.65. The second-order valence-corrected chi connectivity index (χ2v) is 4.55. The summed E-state index contributed by atoms with van der Waals surface area (Å²) in [6, 6.07) is 5.73. The molecule has 0 saturated carbocycles. The van der Waals surface area contributed by atoms with Crippen LogP contribution in [0.25, 0.3) is 0 Å². The van der Waals surface area contributed by atoms with Gasteiger partial charge in [-0.3, -0.25) is 14.5 Å². The Labute approximate surface area is 120 Å². The maximum Gasteiger partial charge on any atom is 0.330 e. The average Bonchev–Trinajstić information content (AvgIpc) is 2.43. The number of hydrogen-bond donors (Lipinski definition) is 1. The highest BCUT2D eigenvalue weighted by Crippen LogP contribution is 2.26. The summed E-state index contributed by atoms with van der Waals surface area (Å²) in [6.07, 6.45) is 0. The molecule has 1 fully saturated rings. The van der Waals surface area contributed by atoms with Crippen molar-refractivity contribution in [2.24, 2.45) is 0 Å². The van der Waals surface area contributed by atoms with Crippen LogP contribution in [0.5, 0.6) is 0 Å². The van der Waals surface area contributed by atoms with Gasteiger partial charge in [0.05, 0.1) is 23.9 Å². The Morgan fingerprint density at radius 1 is 1.45 bits per heavy atom. The van der Waals surface area contributed by atoms with Crippen molar-refractivity contribution in [3.8, 4) is 0 Å². The van der Waals surface area contributed by atoms with Gasteiger partial charge in [-0.2, -0.15) is 0 Å². The number of para-hydroxylation sites is 1. The van der Waals surface area contributed by atoms with Gasteiger partial charge in [0.1, 0.15) is 6.04 Å². The van der Waals surface area contributed by atoms with Crippen LogP contribution in [-0.4, -0.2) is 37.0 Å². The van der Waals surface area contributed by atoms with Gasteiger partial charge in [-0.15, -0.1) is 0 Å². The maximum absolute atomic E-state index is 11.9. The lowest BCUT2D eigenvalue weighted by molar-refractivity contribution is -0.149. The smallest absolute Gasteiger partial charge is 0.330 e. The van der Waals surface area contributed by atoms with Crippen molar-refractivity contribution >= 4 is 35.1 Å². The third-order valence-electron chi connectivity index (χ3n) is 2.82. The Kier molecular flexibility index (Phi) is 4.24. The molecule has 0 aromatic heterocycles. The number of piperazine rings is 1. The molecule has 0 aliphatic carbocycles. The van der Waals surface area contributed by atoms with Gasteiger partial charge < -0.3 is 10.1 Å². The Hall–Kier alpha value is -2.08. The minimum atomic E-state index is -0.892. The molecule has 1 atom stereocenters. The molecule has 1 unspecified atom stereocenters. The van der Waals surface area contributed by atoms with Gasteiger partial charge in [0.25, 0.3) is 0 Å². The van der Waals surface area contributed by atoms with Crippen molar-refractivity contribution in [3.05, 3.63) is 29.3 Å². The second kappa shape index (κ2) is 5.92. The van der Waals surface area contributed by atoms with E-state index in [1.807, 2.05) is 0 Å². The number of carbonyl (C=O) groups is 3. The van der Waals surface area contributed by atoms with Gasteiger partial charge in [-0.05, 0) is 19.1 Å². The molecule has 0 bridgehead atoms. The first kappa shape index (κ1) is 14.3. The molecule has 1 heterocycles. The van der Waals surface area contributed by atoms with E-state index in [4.69, 9.17) is 16.3 Å². The molecule has 6 nitrogen and oxygen atoms in total. The summed E-state index contributed by atoms with van der Waals surface area (Å²) in [7, 11) is 0. The van der Waals surface area contributed by atoms with Crippen LogP contribution in [0.4, 0.5) is 5.69 Å². The zero-order valence-electron chi connectivity index (χ0n) is 10.8. The van der Waals surface area contributed by atoms with E-state index in [0.717, 1.165) is 0 Å². The van der Waals surface area contributed by atoms with Crippen LogP contribution < -0.4 is 10.2 Å². The molecule has 0 radical (unpaired) electrons. The van der Waals surface area contributed by atoms with E-state index in [2.05, 4.69) is 5.32 Å². The molecule has 2 amide bonds. The first-order chi connectivity index (χ1) is 9.54. The second-order valence-electron chi connectivity index (χ2n) is 4.15. The molecule has 20 heavy (non-hydrogen) atoms. The number of benzene rings is 1. The summed E-state index contributed by atoms with van der Waals surface area (Å²) in [5.41, 5.74) is 0.392. The SMILES string of the molecule is CCOC(=O)C1CN(c2ccccc2Cl)C(=O)C(=O)N1. The van der Waals surface area contributed by atoms with E-state index in [0.29, 0.717) is 10.7 Å². The number of anilines is 1. The monoisotopic (exact) mass is 296 g/mol. The largest absolute Gasteiger partial charge is 0.464 e. The molecule has 7 heteroatoms. The Bertz CT molecular complexity index is 561. The van der Waals surface area contributed by atoms with E-state index < -0.39 is 23.8 Å². The topological polar surface area (TPSA) is 75.7 Å². The van der Waals surface area contributed by atoms with Crippen molar-refractivity contribution in [2.75, 3.05) is 18.1 Å². The van der Waals surface area contributed by atoms with E-state index in [1.165, 1.54) is 4.90 Å². The number of amides is 2. The number of rotatable bonds is 3. The Balaban J connectivity index is 2.27. The highest BCUT2D eigenvalue weighted by atomic mass is 35.5. The van der Waals surface area contributed by atoms with E-state index in [-0.39, 0.29) is 13.2 Å². The van der Waals surface area contributed by atoms with Gasteiger partial charge >= 0.3 is 17.8 Å². The Morgan fingerprint density at radius 3 is 2.80 bits per heavy atom. The Morgan fingerprint density at radius 2 is 2.15 bits per heavy atom. The minimum absolute atomic E-state index is 0.00681. The predicted molar refractivity (Wildman–Crippen MR) is 72.4 cm³/mol.